The van der Waals surface area contributed by atoms with Gasteiger partial charge in [-0.15, -0.1) is 0 Å². The minimum absolute atomic E-state index is 0.0987. The Kier molecular flexibility index (Phi) is 3.86. The van der Waals surface area contributed by atoms with Crippen LogP contribution in [0.15, 0.2) is 18.5 Å². The van der Waals surface area contributed by atoms with Gasteiger partial charge >= 0.3 is 5.69 Å². The highest BCUT2D eigenvalue weighted by Crippen LogP contribution is 2.24. The summed E-state index contributed by atoms with van der Waals surface area (Å²) >= 11 is 0. The van der Waals surface area contributed by atoms with E-state index in [-0.39, 0.29) is 11.5 Å². The number of rotatable bonds is 6. The number of aromatic nitrogens is 4. The Morgan fingerprint density at radius 2 is 2.37 bits per heavy atom. The molecule has 2 heterocycles. The molecule has 0 aliphatic rings. The van der Waals surface area contributed by atoms with Crippen LogP contribution in [0.3, 0.4) is 0 Å². The van der Waals surface area contributed by atoms with Crippen LogP contribution in [0.25, 0.3) is 0 Å². The van der Waals surface area contributed by atoms with Gasteiger partial charge in [0.15, 0.2) is 0 Å². The van der Waals surface area contributed by atoms with Gasteiger partial charge in [0.25, 0.3) is 0 Å². The molecule has 2 aromatic heterocycles. The molecule has 2 N–H and O–H groups in total. The Labute approximate surface area is 108 Å². The molecule has 100 valence electrons. The fourth-order valence-corrected chi connectivity index (χ4v) is 1.48. The van der Waals surface area contributed by atoms with Gasteiger partial charge in [-0.3, -0.25) is 15.2 Å². The SMILES string of the molecule is COc1ccc([N+](=O)[O-])c(NCCc2ncn[nH]2)n1. The van der Waals surface area contributed by atoms with Gasteiger partial charge in [-0.05, 0) is 0 Å². The summed E-state index contributed by atoms with van der Waals surface area (Å²) in [6, 6.07) is 2.79. The largest absolute Gasteiger partial charge is 0.481 e. The monoisotopic (exact) mass is 264 g/mol. The van der Waals surface area contributed by atoms with Crippen LogP contribution in [-0.4, -0.2) is 38.7 Å². The van der Waals surface area contributed by atoms with Crippen molar-refractivity contribution in [1.82, 2.24) is 20.2 Å². The van der Waals surface area contributed by atoms with E-state index in [0.29, 0.717) is 24.7 Å². The fraction of sp³-hybridized carbons (Fsp3) is 0.300. The predicted octanol–water partition coefficient (Wildman–Crippen LogP) is 0.771. The molecule has 19 heavy (non-hydrogen) atoms. The fourth-order valence-electron chi connectivity index (χ4n) is 1.48. The third-order valence-electron chi connectivity index (χ3n) is 2.37. The Bertz CT molecular complexity index is 556. The summed E-state index contributed by atoms with van der Waals surface area (Å²) in [5.74, 6) is 1.18. The summed E-state index contributed by atoms with van der Waals surface area (Å²) in [6.45, 7) is 0.441. The van der Waals surface area contributed by atoms with E-state index < -0.39 is 4.92 Å². The van der Waals surface area contributed by atoms with Crippen molar-refractivity contribution in [3.63, 3.8) is 0 Å². The van der Waals surface area contributed by atoms with Crippen molar-refractivity contribution in [2.75, 3.05) is 19.0 Å². The summed E-state index contributed by atoms with van der Waals surface area (Å²) in [7, 11) is 1.45. The number of hydrogen-bond acceptors (Lipinski definition) is 7. The third-order valence-corrected chi connectivity index (χ3v) is 2.37. The van der Waals surface area contributed by atoms with Crippen molar-refractivity contribution in [1.29, 1.82) is 0 Å². The summed E-state index contributed by atoms with van der Waals surface area (Å²) < 4.78 is 4.94. The number of hydrogen-bond donors (Lipinski definition) is 2. The van der Waals surface area contributed by atoms with Gasteiger partial charge in [-0.25, -0.2) is 4.98 Å². The van der Waals surface area contributed by atoms with E-state index in [9.17, 15) is 10.1 Å². The average molecular weight is 264 g/mol. The Hall–Kier alpha value is -2.71. The summed E-state index contributed by atoms with van der Waals surface area (Å²) in [4.78, 5) is 18.3. The van der Waals surface area contributed by atoms with E-state index in [4.69, 9.17) is 4.74 Å². The lowest BCUT2D eigenvalue weighted by Gasteiger charge is -2.06. The van der Waals surface area contributed by atoms with Crippen LogP contribution < -0.4 is 10.1 Å². The molecular weight excluding hydrogens is 252 g/mol. The highest BCUT2D eigenvalue weighted by Gasteiger charge is 2.16. The van der Waals surface area contributed by atoms with E-state index >= 15 is 0 Å². The number of nitrogens with zero attached hydrogens (tertiary/aromatic N) is 4. The van der Waals surface area contributed by atoms with Crippen LogP contribution in [0.5, 0.6) is 5.88 Å². The molecule has 0 atom stereocenters. The molecule has 2 aromatic rings. The molecule has 0 aliphatic carbocycles. The number of pyridine rings is 1. The second-order valence-electron chi connectivity index (χ2n) is 3.59. The second-order valence-corrected chi connectivity index (χ2v) is 3.59. The van der Waals surface area contributed by atoms with Crippen LogP contribution in [0.2, 0.25) is 0 Å². The Balaban J connectivity index is 2.06. The summed E-state index contributed by atoms with van der Waals surface area (Å²) in [6.07, 6.45) is 1.96. The van der Waals surface area contributed by atoms with E-state index in [2.05, 4.69) is 25.5 Å². The van der Waals surface area contributed by atoms with Crippen LogP contribution in [0, 0.1) is 10.1 Å². The number of nitro groups is 1. The molecule has 0 amide bonds. The molecule has 0 aromatic carbocycles. The molecule has 0 spiro atoms. The zero-order valence-corrected chi connectivity index (χ0v) is 10.2. The molecule has 0 aliphatic heterocycles. The summed E-state index contributed by atoms with van der Waals surface area (Å²) in [5.41, 5.74) is -0.0987. The lowest BCUT2D eigenvalue weighted by atomic mass is 10.3. The smallest absolute Gasteiger partial charge is 0.311 e. The molecule has 0 saturated carbocycles. The summed E-state index contributed by atoms with van der Waals surface area (Å²) in [5, 5.41) is 20.2. The highest BCUT2D eigenvalue weighted by atomic mass is 16.6. The average Bonchev–Trinajstić information content (AvgIpc) is 2.91. The number of methoxy groups -OCH3 is 1. The number of aromatic amines is 1. The lowest BCUT2D eigenvalue weighted by Crippen LogP contribution is -2.09. The number of H-pyrrole nitrogens is 1. The second kappa shape index (κ2) is 5.76. The van der Waals surface area contributed by atoms with E-state index in [1.165, 1.54) is 25.6 Å². The van der Waals surface area contributed by atoms with Gasteiger partial charge in [0.2, 0.25) is 11.7 Å². The maximum Gasteiger partial charge on any atom is 0.311 e. The predicted molar refractivity (Wildman–Crippen MR) is 66.0 cm³/mol. The van der Waals surface area contributed by atoms with E-state index in [1.807, 2.05) is 0 Å². The van der Waals surface area contributed by atoms with Crippen molar-refractivity contribution in [2.24, 2.45) is 0 Å². The van der Waals surface area contributed by atoms with Crippen LogP contribution in [0.1, 0.15) is 5.82 Å². The van der Waals surface area contributed by atoms with Crippen molar-refractivity contribution in [3.8, 4) is 5.88 Å². The molecule has 9 heteroatoms. The zero-order chi connectivity index (χ0) is 13.7. The van der Waals surface area contributed by atoms with E-state index in [1.54, 1.807) is 0 Å². The normalized spacial score (nSPS) is 10.2. The van der Waals surface area contributed by atoms with E-state index in [0.717, 1.165) is 0 Å². The van der Waals surface area contributed by atoms with Gasteiger partial charge in [0.1, 0.15) is 12.2 Å². The molecule has 0 bridgehead atoms. The molecule has 0 radical (unpaired) electrons. The Morgan fingerprint density at radius 1 is 1.53 bits per heavy atom. The van der Waals surface area contributed by atoms with Crippen LogP contribution in [-0.2, 0) is 6.42 Å². The Morgan fingerprint density at radius 3 is 3.00 bits per heavy atom. The number of anilines is 1. The minimum atomic E-state index is -0.497. The highest BCUT2D eigenvalue weighted by molar-refractivity contribution is 5.57. The molecule has 9 nitrogen and oxygen atoms in total. The molecule has 0 saturated heterocycles. The first-order valence-electron chi connectivity index (χ1n) is 5.48. The van der Waals surface area contributed by atoms with Gasteiger partial charge in [0.05, 0.1) is 12.0 Å². The first kappa shape index (κ1) is 12.7. The van der Waals surface area contributed by atoms with Gasteiger partial charge in [-0.2, -0.15) is 10.1 Å². The zero-order valence-electron chi connectivity index (χ0n) is 10.2. The molecule has 2 rings (SSSR count). The maximum absolute atomic E-state index is 10.9. The third kappa shape index (κ3) is 3.15. The molecular formula is C10H12N6O3. The van der Waals surface area contributed by atoms with Crippen molar-refractivity contribution < 1.29 is 9.66 Å². The van der Waals surface area contributed by atoms with Gasteiger partial charge in [-0.1, -0.05) is 0 Å². The topological polar surface area (TPSA) is 119 Å². The molecule has 0 fully saturated rings. The van der Waals surface area contributed by atoms with Crippen molar-refractivity contribution >= 4 is 11.5 Å². The van der Waals surface area contributed by atoms with Gasteiger partial charge in [0, 0.05) is 25.1 Å². The maximum atomic E-state index is 10.9. The van der Waals surface area contributed by atoms with Gasteiger partial charge < -0.3 is 10.1 Å². The quantitative estimate of drug-likeness (QED) is 0.584. The lowest BCUT2D eigenvalue weighted by molar-refractivity contribution is -0.384. The standard InChI is InChI=1S/C10H12N6O3/c1-19-9-3-2-7(16(17)18)10(14-9)11-5-4-8-12-6-13-15-8/h2-3,6H,4-5H2,1H3,(H,11,14)(H,12,13,15). The van der Waals surface area contributed by atoms with Crippen molar-refractivity contribution in [3.05, 3.63) is 34.4 Å². The van der Waals surface area contributed by atoms with Crippen LogP contribution >= 0.6 is 0 Å². The first-order valence-corrected chi connectivity index (χ1v) is 5.48. The molecule has 0 unspecified atom stereocenters. The number of ether oxygens (including phenoxy) is 1. The van der Waals surface area contributed by atoms with Crippen LogP contribution in [0.4, 0.5) is 11.5 Å². The first-order chi connectivity index (χ1) is 9.20. The minimum Gasteiger partial charge on any atom is -0.481 e. The number of nitrogens with one attached hydrogen (secondary N) is 2. The van der Waals surface area contributed by atoms with Crippen molar-refractivity contribution in [2.45, 2.75) is 6.42 Å².